The van der Waals surface area contributed by atoms with Crippen LogP contribution in [0.2, 0.25) is 0 Å². The summed E-state index contributed by atoms with van der Waals surface area (Å²) >= 11 is 0. The van der Waals surface area contributed by atoms with E-state index in [2.05, 4.69) is 21.3 Å². The molecule has 0 spiro atoms. The van der Waals surface area contributed by atoms with Gasteiger partial charge in [-0.2, -0.15) is 0 Å². The van der Waals surface area contributed by atoms with E-state index >= 15 is 0 Å². The molecule has 0 saturated carbocycles. The standard InChI is InChI=1S/C19H29N5O6/c1-12(16(11-27)23-19(29)30)8-21-15(10-26)6-7-17(24-18(20)28)22-14-4-2-13(9-25)3-5-14/h2-5,10-12,15-17,21-23,25H,6-9H2,1H3,(H,29,30)(H3,20,24,28)/t12-,15?,16?,17-/m0/s1. The largest absolute Gasteiger partial charge is 0.465 e. The van der Waals surface area contributed by atoms with Crippen LogP contribution in [0.1, 0.15) is 25.3 Å². The van der Waals surface area contributed by atoms with Crippen molar-refractivity contribution in [3.63, 3.8) is 0 Å². The molecule has 30 heavy (non-hydrogen) atoms. The van der Waals surface area contributed by atoms with Crippen molar-refractivity contribution in [3.8, 4) is 0 Å². The van der Waals surface area contributed by atoms with Crippen molar-refractivity contribution in [1.29, 1.82) is 0 Å². The number of primary amides is 1. The van der Waals surface area contributed by atoms with Crippen LogP contribution < -0.4 is 27.0 Å². The minimum absolute atomic E-state index is 0.0820. The summed E-state index contributed by atoms with van der Waals surface area (Å²) in [6, 6.07) is 4.76. The Morgan fingerprint density at radius 3 is 2.27 bits per heavy atom. The van der Waals surface area contributed by atoms with Crippen LogP contribution in [0, 0.1) is 5.92 Å². The third-order valence-electron chi connectivity index (χ3n) is 4.48. The second-order valence-corrected chi connectivity index (χ2v) is 6.88. The first-order chi connectivity index (χ1) is 14.3. The van der Waals surface area contributed by atoms with Crippen molar-refractivity contribution in [1.82, 2.24) is 16.0 Å². The monoisotopic (exact) mass is 423 g/mol. The van der Waals surface area contributed by atoms with Gasteiger partial charge >= 0.3 is 12.1 Å². The Kier molecular flexibility index (Phi) is 10.9. The van der Waals surface area contributed by atoms with E-state index in [1.807, 2.05) is 0 Å². The van der Waals surface area contributed by atoms with Crippen LogP contribution in [0.15, 0.2) is 24.3 Å². The van der Waals surface area contributed by atoms with E-state index in [4.69, 9.17) is 15.9 Å². The SMILES string of the molecule is C[C@@H](CNC(C=O)CC[C@H](NC(N)=O)Nc1ccc(CO)cc1)C(C=O)NC(=O)O. The fourth-order valence-electron chi connectivity index (χ4n) is 2.74. The lowest BCUT2D eigenvalue weighted by Crippen LogP contribution is -2.46. The number of aldehydes is 2. The minimum atomic E-state index is -1.30. The summed E-state index contributed by atoms with van der Waals surface area (Å²) in [5.41, 5.74) is 6.66. The molecule has 1 aromatic carbocycles. The Labute approximate surface area is 174 Å². The van der Waals surface area contributed by atoms with Gasteiger partial charge < -0.3 is 46.8 Å². The summed E-state index contributed by atoms with van der Waals surface area (Å²) in [7, 11) is 0. The van der Waals surface area contributed by atoms with E-state index in [0.717, 1.165) is 5.56 Å². The molecular weight excluding hydrogens is 394 g/mol. The fraction of sp³-hybridized carbons (Fsp3) is 0.474. The average molecular weight is 423 g/mol. The van der Waals surface area contributed by atoms with Crippen LogP contribution in [0.4, 0.5) is 15.3 Å². The summed E-state index contributed by atoms with van der Waals surface area (Å²) in [5.74, 6) is -0.372. The number of carbonyl (C=O) groups excluding carboxylic acids is 3. The predicted molar refractivity (Wildman–Crippen MR) is 110 cm³/mol. The molecule has 0 radical (unpaired) electrons. The number of amides is 3. The van der Waals surface area contributed by atoms with E-state index < -0.39 is 30.4 Å². The second kappa shape index (κ2) is 13.1. The van der Waals surface area contributed by atoms with Crippen LogP contribution in [-0.2, 0) is 16.2 Å². The number of benzene rings is 1. The molecule has 0 aliphatic heterocycles. The second-order valence-electron chi connectivity index (χ2n) is 6.88. The minimum Gasteiger partial charge on any atom is -0.465 e. The summed E-state index contributed by atoms with van der Waals surface area (Å²) in [4.78, 5) is 44.4. The van der Waals surface area contributed by atoms with Crippen molar-refractivity contribution in [2.75, 3.05) is 11.9 Å². The van der Waals surface area contributed by atoms with Gasteiger partial charge in [0.25, 0.3) is 0 Å². The lowest BCUT2D eigenvalue weighted by Gasteiger charge is -2.24. The lowest BCUT2D eigenvalue weighted by molar-refractivity contribution is -0.110. The van der Waals surface area contributed by atoms with E-state index in [1.54, 1.807) is 31.2 Å². The van der Waals surface area contributed by atoms with Crippen LogP contribution in [-0.4, -0.2) is 59.7 Å². The highest BCUT2D eigenvalue weighted by molar-refractivity contribution is 5.72. The summed E-state index contributed by atoms with van der Waals surface area (Å²) in [5, 5.41) is 28.6. The summed E-state index contributed by atoms with van der Waals surface area (Å²) < 4.78 is 0. The first-order valence-corrected chi connectivity index (χ1v) is 9.44. The van der Waals surface area contributed by atoms with Gasteiger partial charge in [0, 0.05) is 12.2 Å². The number of carboxylic acid groups (broad SMARTS) is 1. The normalized spacial score (nSPS) is 14.6. The molecule has 0 fully saturated rings. The van der Waals surface area contributed by atoms with E-state index in [-0.39, 0.29) is 19.1 Å². The van der Waals surface area contributed by atoms with Crippen molar-refractivity contribution >= 4 is 30.4 Å². The number of aliphatic hydroxyl groups is 1. The number of rotatable bonds is 14. The maximum Gasteiger partial charge on any atom is 0.405 e. The summed E-state index contributed by atoms with van der Waals surface area (Å²) in [6.45, 7) is 1.83. The zero-order chi connectivity index (χ0) is 22.5. The number of hydrogen-bond donors (Lipinski definition) is 7. The Morgan fingerprint density at radius 1 is 1.10 bits per heavy atom. The number of nitrogens with two attached hydrogens (primary N) is 1. The number of carbonyl (C=O) groups is 4. The Balaban J connectivity index is 2.61. The van der Waals surface area contributed by atoms with Crippen molar-refractivity contribution in [2.24, 2.45) is 11.7 Å². The van der Waals surface area contributed by atoms with Gasteiger partial charge in [-0.25, -0.2) is 9.59 Å². The molecule has 0 aromatic heterocycles. The van der Waals surface area contributed by atoms with Crippen molar-refractivity contribution in [2.45, 2.75) is 44.6 Å². The van der Waals surface area contributed by atoms with Gasteiger partial charge in [0.2, 0.25) is 0 Å². The maximum absolute atomic E-state index is 11.4. The maximum atomic E-state index is 11.4. The van der Waals surface area contributed by atoms with E-state index in [9.17, 15) is 19.2 Å². The average Bonchev–Trinajstić information content (AvgIpc) is 2.71. The van der Waals surface area contributed by atoms with Crippen LogP contribution >= 0.6 is 0 Å². The lowest BCUT2D eigenvalue weighted by atomic mass is 10.0. The molecule has 4 atom stereocenters. The molecule has 1 aromatic rings. The Hall–Kier alpha value is -3.18. The molecule has 166 valence electrons. The molecule has 0 heterocycles. The fourth-order valence-corrected chi connectivity index (χ4v) is 2.74. The molecule has 0 bridgehead atoms. The Bertz CT molecular complexity index is 699. The van der Waals surface area contributed by atoms with Crippen LogP contribution in [0.3, 0.4) is 0 Å². The zero-order valence-corrected chi connectivity index (χ0v) is 16.7. The van der Waals surface area contributed by atoms with Gasteiger partial charge in [0.05, 0.1) is 18.7 Å². The summed E-state index contributed by atoms with van der Waals surface area (Å²) in [6.07, 6.45) is 0.0886. The first-order valence-electron chi connectivity index (χ1n) is 9.44. The van der Waals surface area contributed by atoms with E-state index in [0.29, 0.717) is 31.1 Å². The highest BCUT2D eigenvalue weighted by Crippen LogP contribution is 2.12. The zero-order valence-electron chi connectivity index (χ0n) is 16.7. The third kappa shape index (κ3) is 9.34. The topological polar surface area (TPSA) is 183 Å². The molecule has 11 heteroatoms. The molecule has 0 saturated heterocycles. The van der Waals surface area contributed by atoms with Crippen molar-refractivity contribution < 1.29 is 29.4 Å². The van der Waals surface area contributed by atoms with Crippen molar-refractivity contribution in [3.05, 3.63) is 29.8 Å². The van der Waals surface area contributed by atoms with Gasteiger partial charge in [-0.05, 0) is 36.5 Å². The van der Waals surface area contributed by atoms with Gasteiger partial charge in [0.15, 0.2) is 0 Å². The molecular formula is C19H29N5O6. The molecule has 3 amide bonds. The molecule has 0 aliphatic carbocycles. The number of anilines is 1. The van der Waals surface area contributed by atoms with E-state index in [1.165, 1.54) is 0 Å². The number of hydrogen-bond acceptors (Lipinski definition) is 7. The van der Waals surface area contributed by atoms with Crippen LogP contribution in [0.25, 0.3) is 0 Å². The van der Waals surface area contributed by atoms with Gasteiger partial charge in [-0.1, -0.05) is 19.1 Å². The molecule has 11 nitrogen and oxygen atoms in total. The Morgan fingerprint density at radius 2 is 1.77 bits per heavy atom. The van der Waals surface area contributed by atoms with Gasteiger partial charge in [-0.15, -0.1) is 0 Å². The number of aliphatic hydroxyl groups excluding tert-OH is 1. The van der Waals surface area contributed by atoms with Crippen LogP contribution in [0.5, 0.6) is 0 Å². The highest BCUT2D eigenvalue weighted by atomic mass is 16.4. The van der Waals surface area contributed by atoms with Gasteiger partial charge in [-0.3, -0.25) is 0 Å². The molecule has 1 rings (SSSR count). The molecule has 8 N–H and O–H groups in total. The first kappa shape index (κ1) is 24.9. The smallest absolute Gasteiger partial charge is 0.405 e. The molecule has 0 aliphatic rings. The van der Waals surface area contributed by atoms with Gasteiger partial charge in [0.1, 0.15) is 18.7 Å². The number of nitrogens with one attached hydrogen (secondary N) is 4. The predicted octanol–water partition coefficient (Wildman–Crippen LogP) is -0.00630. The number of urea groups is 1. The molecule has 2 unspecified atom stereocenters. The highest BCUT2D eigenvalue weighted by Gasteiger charge is 2.20. The third-order valence-corrected chi connectivity index (χ3v) is 4.48. The quantitative estimate of drug-likeness (QED) is 0.161.